The van der Waals surface area contributed by atoms with Crippen molar-refractivity contribution in [3.63, 3.8) is 0 Å². The Bertz CT molecular complexity index is 664. The van der Waals surface area contributed by atoms with Crippen LogP contribution in [0.3, 0.4) is 0 Å². The molecule has 4 nitrogen and oxygen atoms in total. The van der Waals surface area contributed by atoms with Gasteiger partial charge in [0.25, 0.3) is 0 Å². The van der Waals surface area contributed by atoms with Crippen LogP contribution in [0.25, 0.3) is 0 Å². The highest BCUT2D eigenvalue weighted by atomic mass is 16.5. The Hall–Kier alpha value is -1.91. The number of aromatic nitrogens is 1. The zero-order valence-electron chi connectivity index (χ0n) is 16.9. The molecule has 0 aliphatic carbocycles. The third-order valence-corrected chi connectivity index (χ3v) is 5.29. The molecule has 4 heteroatoms. The van der Waals surface area contributed by atoms with Gasteiger partial charge >= 0.3 is 0 Å². The Labute approximate surface area is 164 Å². The number of nitrogens with zero attached hydrogens (tertiary/aromatic N) is 2. The van der Waals surface area contributed by atoms with Crippen molar-refractivity contribution in [3.05, 3.63) is 59.9 Å². The highest BCUT2D eigenvalue weighted by Crippen LogP contribution is 2.19. The van der Waals surface area contributed by atoms with Gasteiger partial charge in [-0.2, -0.15) is 0 Å². The molecule has 1 aliphatic heterocycles. The van der Waals surface area contributed by atoms with Gasteiger partial charge in [0.05, 0.1) is 0 Å². The predicted molar refractivity (Wildman–Crippen MR) is 111 cm³/mol. The number of hydrogen-bond acceptors (Lipinski definition) is 4. The van der Waals surface area contributed by atoms with E-state index in [1.807, 2.05) is 18.5 Å². The molecule has 1 aromatic heterocycles. The molecule has 1 unspecified atom stereocenters. The number of rotatable bonds is 8. The molecule has 2 heterocycles. The molecule has 0 amide bonds. The molecule has 1 saturated heterocycles. The third kappa shape index (κ3) is 6.33. The lowest BCUT2D eigenvalue weighted by atomic mass is 10.0. The van der Waals surface area contributed by atoms with Crippen molar-refractivity contribution in [2.45, 2.75) is 58.2 Å². The van der Waals surface area contributed by atoms with E-state index in [1.54, 1.807) is 0 Å². The van der Waals surface area contributed by atoms with Gasteiger partial charge in [-0.3, -0.25) is 9.88 Å². The molecule has 2 aromatic rings. The van der Waals surface area contributed by atoms with Crippen molar-refractivity contribution in [1.29, 1.82) is 0 Å². The largest absolute Gasteiger partial charge is 0.489 e. The fraction of sp³-hybridized carbons (Fsp3) is 0.522. The number of ether oxygens (including phenoxy) is 1. The van der Waals surface area contributed by atoms with Gasteiger partial charge < -0.3 is 10.1 Å². The van der Waals surface area contributed by atoms with E-state index < -0.39 is 0 Å². The average molecular weight is 368 g/mol. The van der Waals surface area contributed by atoms with E-state index in [0.29, 0.717) is 12.0 Å². The first-order valence-corrected chi connectivity index (χ1v) is 10.2. The van der Waals surface area contributed by atoms with Gasteiger partial charge in [0, 0.05) is 31.5 Å². The molecule has 1 aromatic carbocycles. The van der Waals surface area contributed by atoms with E-state index in [2.05, 4.69) is 66.3 Å². The molecule has 0 bridgehead atoms. The van der Waals surface area contributed by atoms with Crippen LogP contribution in [0.1, 0.15) is 50.7 Å². The second-order valence-electron chi connectivity index (χ2n) is 7.97. The normalized spacial score (nSPS) is 17.2. The quantitative estimate of drug-likeness (QED) is 0.758. The van der Waals surface area contributed by atoms with Gasteiger partial charge in [0.2, 0.25) is 0 Å². The number of pyridine rings is 1. The van der Waals surface area contributed by atoms with Crippen LogP contribution in [0, 0.1) is 0 Å². The van der Waals surface area contributed by atoms with Gasteiger partial charge in [-0.05, 0) is 68.1 Å². The maximum Gasteiger partial charge on any atom is 0.119 e. The molecule has 27 heavy (non-hydrogen) atoms. The minimum Gasteiger partial charge on any atom is -0.489 e. The summed E-state index contributed by atoms with van der Waals surface area (Å²) in [4.78, 5) is 6.73. The van der Waals surface area contributed by atoms with Gasteiger partial charge in [-0.25, -0.2) is 0 Å². The summed E-state index contributed by atoms with van der Waals surface area (Å²) >= 11 is 0. The highest BCUT2D eigenvalue weighted by Gasteiger charge is 2.19. The van der Waals surface area contributed by atoms with Crippen molar-refractivity contribution in [2.75, 3.05) is 19.6 Å². The molecule has 1 aliphatic rings. The summed E-state index contributed by atoms with van der Waals surface area (Å²) in [7, 11) is 0. The smallest absolute Gasteiger partial charge is 0.119 e. The Morgan fingerprint density at radius 2 is 1.85 bits per heavy atom. The van der Waals surface area contributed by atoms with Crippen molar-refractivity contribution in [3.8, 4) is 5.75 Å². The van der Waals surface area contributed by atoms with Crippen LogP contribution in [0.15, 0.2) is 48.8 Å². The van der Waals surface area contributed by atoms with E-state index in [9.17, 15) is 0 Å². The first kappa shape index (κ1) is 19.8. The second-order valence-corrected chi connectivity index (χ2v) is 7.97. The highest BCUT2D eigenvalue weighted by molar-refractivity contribution is 5.29. The zero-order chi connectivity index (χ0) is 19.1. The van der Waals surface area contributed by atoms with Crippen LogP contribution >= 0.6 is 0 Å². The number of likely N-dealkylation sites (tertiary alicyclic amines) is 1. The van der Waals surface area contributed by atoms with E-state index in [-0.39, 0.29) is 6.10 Å². The van der Waals surface area contributed by atoms with Crippen molar-refractivity contribution in [2.24, 2.45) is 0 Å². The summed E-state index contributed by atoms with van der Waals surface area (Å²) in [5.74, 6) is 1.52. The minimum absolute atomic E-state index is 0.170. The molecule has 146 valence electrons. The molecule has 1 fully saturated rings. The molecule has 0 saturated carbocycles. The number of hydrogen-bond donors (Lipinski definition) is 1. The SMILES string of the molecule is CC(CNC1CCN(Cc2cccnc2)CC1)Oc1ccc(C(C)C)cc1. The standard InChI is InChI=1S/C23H33N3O/c1-18(2)21-6-8-23(9-7-21)27-19(3)15-25-22-10-13-26(14-11-22)17-20-5-4-12-24-16-20/h4-9,12,16,18-19,22,25H,10-11,13-15,17H2,1-3H3. The Kier molecular flexibility index (Phi) is 7.25. The van der Waals surface area contributed by atoms with Crippen LogP contribution in [0.4, 0.5) is 0 Å². The van der Waals surface area contributed by atoms with Crippen LogP contribution in [0.5, 0.6) is 5.75 Å². The molecule has 1 atom stereocenters. The topological polar surface area (TPSA) is 37.4 Å². The van der Waals surface area contributed by atoms with Crippen molar-refractivity contribution >= 4 is 0 Å². The maximum atomic E-state index is 6.06. The number of benzene rings is 1. The first-order valence-electron chi connectivity index (χ1n) is 10.2. The summed E-state index contributed by atoms with van der Waals surface area (Å²) in [5, 5.41) is 3.69. The molecule has 3 rings (SSSR count). The Morgan fingerprint density at radius 1 is 1.11 bits per heavy atom. The van der Waals surface area contributed by atoms with E-state index in [4.69, 9.17) is 4.74 Å². The molecular weight excluding hydrogens is 334 g/mol. The molecular formula is C23H33N3O. The minimum atomic E-state index is 0.170. The Morgan fingerprint density at radius 3 is 2.48 bits per heavy atom. The lowest BCUT2D eigenvalue weighted by molar-refractivity contribution is 0.170. The maximum absolute atomic E-state index is 6.06. The second kappa shape index (κ2) is 9.86. The van der Waals surface area contributed by atoms with Crippen molar-refractivity contribution < 1.29 is 4.74 Å². The summed E-state index contributed by atoms with van der Waals surface area (Å²) < 4.78 is 6.06. The molecule has 0 radical (unpaired) electrons. The van der Waals surface area contributed by atoms with Gasteiger partial charge in [0.15, 0.2) is 0 Å². The zero-order valence-corrected chi connectivity index (χ0v) is 16.9. The van der Waals surface area contributed by atoms with Crippen molar-refractivity contribution in [1.82, 2.24) is 15.2 Å². The van der Waals surface area contributed by atoms with E-state index >= 15 is 0 Å². The summed E-state index contributed by atoms with van der Waals surface area (Å²) in [5.41, 5.74) is 2.65. The number of piperidine rings is 1. The average Bonchev–Trinajstić information content (AvgIpc) is 2.69. The van der Waals surface area contributed by atoms with Gasteiger partial charge in [0.1, 0.15) is 11.9 Å². The molecule has 1 N–H and O–H groups in total. The monoisotopic (exact) mass is 367 g/mol. The van der Waals surface area contributed by atoms with Gasteiger partial charge in [-0.1, -0.05) is 32.0 Å². The fourth-order valence-corrected chi connectivity index (χ4v) is 3.58. The molecule has 0 spiro atoms. The van der Waals surface area contributed by atoms with E-state index in [0.717, 1.165) is 31.9 Å². The lowest BCUT2D eigenvalue weighted by Crippen LogP contribution is -2.44. The lowest BCUT2D eigenvalue weighted by Gasteiger charge is -2.33. The van der Waals surface area contributed by atoms with Gasteiger partial charge in [-0.15, -0.1) is 0 Å². The third-order valence-electron chi connectivity index (χ3n) is 5.29. The Balaban J connectivity index is 1.35. The van der Waals surface area contributed by atoms with Crippen LogP contribution in [0.2, 0.25) is 0 Å². The summed E-state index contributed by atoms with van der Waals surface area (Å²) in [6.07, 6.45) is 6.36. The number of nitrogens with one attached hydrogen (secondary N) is 1. The van der Waals surface area contributed by atoms with Crippen LogP contribution in [-0.2, 0) is 6.54 Å². The van der Waals surface area contributed by atoms with E-state index in [1.165, 1.54) is 24.0 Å². The fourth-order valence-electron chi connectivity index (χ4n) is 3.58. The van der Waals surface area contributed by atoms with Crippen LogP contribution in [-0.4, -0.2) is 41.7 Å². The van der Waals surface area contributed by atoms with Crippen LogP contribution < -0.4 is 10.1 Å². The first-order chi connectivity index (χ1) is 13.1. The summed E-state index contributed by atoms with van der Waals surface area (Å²) in [6, 6.07) is 13.3. The summed E-state index contributed by atoms with van der Waals surface area (Å²) in [6.45, 7) is 10.7. The predicted octanol–water partition coefficient (Wildman–Crippen LogP) is 4.23.